The van der Waals surface area contributed by atoms with Crippen molar-refractivity contribution in [3.8, 4) is 5.75 Å². The number of nitrogens with zero attached hydrogens (tertiary/aromatic N) is 1. The van der Waals surface area contributed by atoms with Gasteiger partial charge in [-0.25, -0.2) is 0 Å². The minimum atomic E-state index is -0.684. The van der Waals surface area contributed by atoms with E-state index in [1.807, 2.05) is 72.8 Å². The highest BCUT2D eigenvalue weighted by Crippen LogP contribution is 2.21. The molecule has 0 aromatic heterocycles. The van der Waals surface area contributed by atoms with Gasteiger partial charge >= 0.3 is 0 Å². The highest BCUT2D eigenvalue weighted by atomic mass is 127. The summed E-state index contributed by atoms with van der Waals surface area (Å²) in [6.45, 7) is 0.0915. The normalized spacial score (nSPS) is 14.5. The fourth-order valence-electron chi connectivity index (χ4n) is 4.69. The van der Waals surface area contributed by atoms with Gasteiger partial charge in [0.05, 0.1) is 0 Å². The van der Waals surface area contributed by atoms with Crippen LogP contribution in [0.4, 0.5) is 0 Å². The lowest BCUT2D eigenvalue weighted by Crippen LogP contribution is -2.53. The molecule has 2 amide bonds. The number of rotatable bonds is 10. The minimum Gasteiger partial charge on any atom is -0.484 e. The van der Waals surface area contributed by atoms with E-state index in [0.717, 1.165) is 40.4 Å². The summed E-state index contributed by atoms with van der Waals surface area (Å²) in [5.74, 6) is 0.237. The summed E-state index contributed by atoms with van der Waals surface area (Å²) in [5, 5.41) is 3.84. The maximum absolute atomic E-state index is 13.8. The molecule has 0 aliphatic heterocycles. The Morgan fingerprint density at radius 1 is 0.946 bits per heavy atom. The smallest absolute Gasteiger partial charge is 0.261 e. The Kier molecular flexibility index (Phi) is 10.3. The standard InChI is InChI=1S/C30H32ClIN2O3/c31-24-11-7-10-23(18-24)20-34(29(35)21-37-27-16-14-25(32)15-17-27)28(19-22-8-3-1-4-9-22)30(36)33-26-12-5-2-6-13-26/h1,3-4,7-11,14-18,26,28H,2,5-6,12-13,19-21H2,(H,33,36)/t28-/m0/s1. The van der Waals surface area contributed by atoms with Gasteiger partial charge in [-0.2, -0.15) is 0 Å². The molecule has 0 spiro atoms. The SMILES string of the molecule is O=C(NC1CCCCC1)[C@H](Cc1ccccc1)N(Cc1cccc(Cl)c1)C(=O)COc1ccc(I)cc1. The third kappa shape index (κ3) is 8.47. The molecule has 0 bridgehead atoms. The minimum absolute atomic E-state index is 0.125. The molecule has 3 aromatic carbocycles. The molecular formula is C30H32ClIN2O3. The Balaban J connectivity index is 1.60. The van der Waals surface area contributed by atoms with Crippen molar-refractivity contribution in [2.45, 2.75) is 57.2 Å². The number of halogens is 2. The van der Waals surface area contributed by atoms with Crippen LogP contribution >= 0.6 is 34.2 Å². The lowest BCUT2D eigenvalue weighted by atomic mass is 9.94. The van der Waals surface area contributed by atoms with Gasteiger partial charge in [0.2, 0.25) is 5.91 Å². The third-order valence-electron chi connectivity index (χ3n) is 6.64. The molecule has 0 heterocycles. The topological polar surface area (TPSA) is 58.6 Å². The van der Waals surface area contributed by atoms with Gasteiger partial charge in [-0.05, 0) is 83.0 Å². The second kappa shape index (κ2) is 13.8. The molecule has 4 rings (SSSR count). The molecule has 1 aliphatic carbocycles. The summed E-state index contributed by atoms with van der Waals surface area (Å²) in [4.78, 5) is 29.1. The zero-order valence-corrected chi connectivity index (χ0v) is 23.7. The molecule has 7 heteroatoms. The first kappa shape index (κ1) is 27.5. The molecule has 1 fully saturated rings. The monoisotopic (exact) mass is 630 g/mol. The lowest BCUT2D eigenvalue weighted by Gasteiger charge is -2.33. The van der Waals surface area contributed by atoms with Gasteiger partial charge in [-0.15, -0.1) is 0 Å². The molecule has 194 valence electrons. The van der Waals surface area contributed by atoms with Crippen LogP contribution in [-0.2, 0) is 22.6 Å². The van der Waals surface area contributed by atoms with Crippen LogP contribution in [0, 0.1) is 3.57 Å². The van der Waals surface area contributed by atoms with E-state index in [4.69, 9.17) is 16.3 Å². The zero-order valence-electron chi connectivity index (χ0n) is 20.7. The fourth-order valence-corrected chi connectivity index (χ4v) is 5.26. The molecule has 0 radical (unpaired) electrons. The van der Waals surface area contributed by atoms with Crippen molar-refractivity contribution < 1.29 is 14.3 Å². The molecule has 0 saturated heterocycles. The van der Waals surface area contributed by atoms with Crippen LogP contribution in [-0.4, -0.2) is 35.4 Å². The number of benzene rings is 3. The van der Waals surface area contributed by atoms with Crippen molar-refractivity contribution in [2.24, 2.45) is 0 Å². The van der Waals surface area contributed by atoms with Gasteiger partial charge in [-0.1, -0.05) is 73.3 Å². The summed E-state index contributed by atoms with van der Waals surface area (Å²) in [5.41, 5.74) is 1.85. The van der Waals surface area contributed by atoms with E-state index in [1.165, 1.54) is 6.42 Å². The summed E-state index contributed by atoms with van der Waals surface area (Å²) >= 11 is 8.48. The second-order valence-corrected chi connectivity index (χ2v) is 11.1. The van der Waals surface area contributed by atoms with Crippen molar-refractivity contribution in [1.29, 1.82) is 0 Å². The van der Waals surface area contributed by atoms with Gasteiger partial charge in [0, 0.05) is 27.6 Å². The summed E-state index contributed by atoms with van der Waals surface area (Å²) < 4.78 is 6.93. The number of hydrogen-bond acceptors (Lipinski definition) is 3. The quantitative estimate of drug-likeness (QED) is 0.264. The molecular weight excluding hydrogens is 599 g/mol. The molecule has 1 N–H and O–H groups in total. The number of hydrogen-bond donors (Lipinski definition) is 1. The Morgan fingerprint density at radius 3 is 2.35 bits per heavy atom. The lowest BCUT2D eigenvalue weighted by molar-refractivity contribution is -0.143. The van der Waals surface area contributed by atoms with E-state index in [0.29, 0.717) is 17.2 Å². The van der Waals surface area contributed by atoms with Crippen molar-refractivity contribution in [3.63, 3.8) is 0 Å². The van der Waals surface area contributed by atoms with Crippen LogP contribution in [0.1, 0.15) is 43.2 Å². The number of carbonyl (C=O) groups is 2. The predicted octanol–water partition coefficient (Wildman–Crippen LogP) is 6.41. The van der Waals surface area contributed by atoms with Crippen molar-refractivity contribution in [3.05, 3.63) is 98.6 Å². The summed E-state index contributed by atoms with van der Waals surface area (Å²) in [7, 11) is 0. The maximum atomic E-state index is 13.8. The Bertz CT molecular complexity index is 1170. The van der Waals surface area contributed by atoms with Crippen LogP contribution < -0.4 is 10.1 Å². The maximum Gasteiger partial charge on any atom is 0.261 e. The van der Waals surface area contributed by atoms with Gasteiger partial charge < -0.3 is 15.0 Å². The van der Waals surface area contributed by atoms with E-state index >= 15 is 0 Å². The number of ether oxygens (including phenoxy) is 1. The first-order valence-corrected chi connectivity index (χ1v) is 14.2. The zero-order chi connectivity index (χ0) is 26.0. The molecule has 0 unspecified atom stereocenters. The van der Waals surface area contributed by atoms with E-state index in [1.54, 1.807) is 11.0 Å². The van der Waals surface area contributed by atoms with Crippen LogP contribution in [0.15, 0.2) is 78.9 Å². The fraction of sp³-hybridized carbons (Fsp3) is 0.333. The van der Waals surface area contributed by atoms with E-state index in [-0.39, 0.29) is 31.0 Å². The first-order valence-electron chi connectivity index (χ1n) is 12.7. The van der Waals surface area contributed by atoms with E-state index in [2.05, 4.69) is 27.9 Å². The third-order valence-corrected chi connectivity index (χ3v) is 7.59. The van der Waals surface area contributed by atoms with Crippen LogP contribution in [0.2, 0.25) is 5.02 Å². The Hall–Kier alpha value is -2.58. The average Bonchev–Trinajstić information content (AvgIpc) is 2.91. The second-order valence-electron chi connectivity index (χ2n) is 9.44. The molecule has 5 nitrogen and oxygen atoms in total. The van der Waals surface area contributed by atoms with E-state index in [9.17, 15) is 9.59 Å². The number of amides is 2. The largest absolute Gasteiger partial charge is 0.484 e. The highest BCUT2D eigenvalue weighted by Gasteiger charge is 2.32. The van der Waals surface area contributed by atoms with Crippen LogP contribution in [0.25, 0.3) is 0 Å². The van der Waals surface area contributed by atoms with Crippen LogP contribution in [0.5, 0.6) is 5.75 Å². The Morgan fingerprint density at radius 2 is 1.65 bits per heavy atom. The van der Waals surface area contributed by atoms with Gasteiger partial charge in [0.25, 0.3) is 5.91 Å². The predicted molar refractivity (Wildman–Crippen MR) is 156 cm³/mol. The number of carbonyl (C=O) groups excluding carboxylic acids is 2. The molecule has 3 aromatic rings. The molecule has 1 atom stereocenters. The van der Waals surface area contributed by atoms with Crippen molar-refractivity contribution >= 4 is 46.0 Å². The van der Waals surface area contributed by atoms with E-state index < -0.39 is 6.04 Å². The highest BCUT2D eigenvalue weighted by molar-refractivity contribution is 14.1. The first-order chi connectivity index (χ1) is 18.0. The summed E-state index contributed by atoms with van der Waals surface area (Å²) in [6, 6.07) is 24.3. The average molecular weight is 631 g/mol. The molecule has 37 heavy (non-hydrogen) atoms. The summed E-state index contributed by atoms with van der Waals surface area (Å²) in [6.07, 6.45) is 5.79. The van der Waals surface area contributed by atoms with Gasteiger partial charge in [0.15, 0.2) is 6.61 Å². The van der Waals surface area contributed by atoms with Crippen molar-refractivity contribution in [2.75, 3.05) is 6.61 Å². The van der Waals surface area contributed by atoms with Gasteiger partial charge in [-0.3, -0.25) is 9.59 Å². The molecule has 1 saturated carbocycles. The Labute approximate surface area is 237 Å². The van der Waals surface area contributed by atoms with Gasteiger partial charge in [0.1, 0.15) is 11.8 Å². The molecule has 1 aliphatic rings. The van der Waals surface area contributed by atoms with Crippen LogP contribution in [0.3, 0.4) is 0 Å². The van der Waals surface area contributed by atoms with Crippen molar-refractivity contribution in [1.82, 2.24) is 10.2 Å². The number of nitrogens with one attached hydrogen (secondary N) is 1.